The van der Waals surface area contributed by atoms with Gasteiger partial charge in [0, 0.05) is 17.5 Å². The lowest BCUT2D eigenvalue weighted by atomic mass is 9.96. The zero-order valence-electron chi connectivity index (χ0n) is 22.4. The third kappa shape index (κ3) is 8.09. The Labute approximate surface area is 251 Å². The Morgan fingerprint density at radius 2 is 1.64 bits per heavy atom. The van der Waals surface area contributed by atoms with E-state index in [2.05, 4.69) is 4.18 Å². The van der Waals surface area contributed by atoms with Gasteiger partial charge >= 0.3 is 32.3 Å². The van der Waals surface area contributed by atoms with E-state index in [0.717, 1.165) is 18.2 Å². The average molecular weight is 692 g/mol. The third-order valence-electron chi connectivity index (χ3n) is 6.69. The first-order valence-electron chi connectivity index (χ1n) is 12.4. The van der Waals surface area contributed by atoms with Crippen LogP contribution in [0.5, 0.6) is 5.75 Å². The highest BCUT2D eigenvalue weighted by Crippen LogP contribution is 2.33. The Kier molecular flexibility index (Phi) is 10.2. The van der Waals surface area contributed by atoms with E-state index in [1.165, 1.54) is 11.6 Å². The van der Waals surface area contributed by atoms with Crippen molar-refractivity contribution in [2.24, 2.45) is 0 Å². The number of aliphatic hydroxyl groups excluding tert-OH is 4. The van der Waals surface area contributed by atoms with Gasteiger partial charge in [-0.25, -0.2) is 18.2 Å². The molecule has 3 heterocycles. The number of aliphatic carboxylic acids is 1. The Bertz CT molecular complexity index is 1700. The molecule has 23 heteroatoms. The molecule has 0 spiro atoms. The first-order valence-corrected chi connectivity index (χ1v) is 15.2. The third-order valence-corrected chi connectivity index (χ3v) is 7.70. The zero-order valence-corrected chi connectivity index (χ0v) is 24.1. The van der Waals surface area contributed by atoms with Gasteiger partial charge in [-0.3, -0.25) is 9.11 Å². The number of benzene rings is 1. The largest absolute Gasteiger partial charge is 0.479 e. The Hall–Kier alpha value is -2.91. The van der Waals surface area contributed by atoms with Crippen LogP contribution >= 0.6 is 0 Å². The summed E-state index contributed by atoms with van der Waals surface area (Å²) in [7, 11) is -10.4. The molecule has 1 aromatic heterocycles. The van der Waals surface area contributed by atoms with Gasteiger partial charge in [-0.15, -0.1) is 0 Å². The van der Waals surface area contributed by atoms with Crippen LogP contribution in [0.25, 0.3) is 11.0 Å². The van der Waals surface area contributed by atoms with Crippen molar-refractivity contribution in [1.82, 2.24) is 4.72 Å². The minimum absolute atomic E-state index is 0.154. The summed E-state index contributed by atoms with van der Waals surface area (Å²) >= 11 is 0. The van der Waals surface area contributed by atoms with Crippen LogP contribution in [-0.4, -0.2) is 125 Å². The lowest BCUT2D eigenvalue weighted by molar-refractivity contribution is -0.331. The molecule has 2 saturated heterocycles. The first kappa shape index (κ1) is 35.0. The van der Waals surface area contributed by atoms with Crippen LogP contribution in [0, 0.1) is 12.7 Å². The van der Waals surface area contributed by atoms with Crippen LogP contribution in [-0.2, 0) is 43.9 Å². The minimum Gasteiger partial charge on any atom is -0.479 e. The summed E-state index contributed by atoms with van der Waals surface area (Å²) in [6.07, 6.45) is -20.0. The number of fused-ring (bicyclic) bond motifs is 1. The molecule has 0 aliphatic carbocycles. The summed E-state index contributed by atoms with van der Waals surface area (Å²) in [5.74, 6) is -3.68. The Morgan fingerprint density at radius 1 is 0.978 bits per heavy atom. The molecular weight excluding hydrogens is 665 g/mol. The molecule has 2 fully saturated rings. The van der Waals surface area contributed by atoms with E-state index in [1.807, 2.05) is 0 Å². The smallest absolute Gasteiger partial charge is 0.397 e. The highest BCUT2D eigenvalue weighted by atomic mass is 32.3. The van der Waals surface area contributed by atoms with Gasteiger partial charge in [-0.2, -0.15) is 21.6 Å². The Morgan fingerprint density at radius 3 is 2.24 bits per heavy atom. The standard InChI is InChI=1S/C22H26FNO19S2/c1-6-2-12(25)39-9-4-10(8(23)3-7(6)9)40-22-17(29)16(28)18(19(43-22)20(30)31)42-21-13(24-44(32,33)34)15(27)14(26)11(41-21)5-38-45(35,36)37/h2-4,11,13-19,21-22,24,26-29H,5H2,1H3,(H,30,31)(H,32,33,34)(H,35,36,37). The fourth-order valence-corrected chi connectivity index (χ4v) is 5.51. The van der Waals surface area contributed by atoms with Crippen molar-refractivity contribution in [1.29, 1.82) is 0 Å². The van der Waals surface area contributed by atoms with Crippen molar-refractivity contribution < 1.29 is 88.2 Å². The molecular formula is C22H26FNO19S2. The molecule has 45 heavy (non-hydrogen) atoms. The summed E-state index contributed by atoms with van der Waals surface area (Å²) in [6.45, 7) is 0.286. The lowest BCUT2D eigenvalue weighted by Crippen LogP contribution is -2.68. The maximum absolute atomic E-state index is 14.9. The van der Waals surface area contributed by atoms with E-state index in [9.17, 15) is 60.9 Å². The molecule has 0 bridgehead atoms. The van der Waals surface area contributed by atoms with E-state index >= 15 is 0 Å². The van der Waals surface area contributed by atoms with Crippen LogP contribution in [0.15, 0.2) is 27.4 Å². The number of carbonyl (C=O) groups is 1. The summed E-state index contributed by atoms with van der Waals surface area (Å²) in [5.41, 5.74) is -0.597. The second-order valence-electron chi connectivity index (χ2n) is 9.85. The SMILES string of the molecule is Cc1cc(=O)oc2cc(OC3OC(C(=O)O)C(OC4OC(COS(=O)(=O)O)C(O)C(O)C4NS(=O)(=O)O)C(O)C3O)c(F)cc12. The number of aliphatic hydroxyl groups is 4. The van der Waals surface area contributed by atoms with E-state index in [-0.39, 0.29) is 11.0 Å². The first-order chi connectivity index (χ1) is 20.8. The molecule has 0 radical (unpaired) electrons. The van der Waals surface area contributed by atoms with Crippen molar-refractivity contribution >= 4 is 37.6 Å². The fraction of sp³-hybridized carbons (Fsp3) is 0.545. The normalized spacial score (nSPS) is 32.8. The number of rotatable bonds is 10. The predicted octanol–water partition coefficient (Wildman–Crippen LogP) is -3.44. The van der Waals surface area contributed by atoms with E-state index in [0.29, 0.717) is 5.56 Å². The second-order valence-corrected chi connectivity index (χ2v) is 12.1. The van der Waals surface area contributed by atoms with Crippen molar-refractivity contribution in [3.05, 3.63) is 40.0 Å². The fourth-order valence-electron chi connectivity index (χ4n) is 4.61. The van der Waals surface area contributed by atoms with Gasteiger partial charge in [0.05, 0.1) is 6.61 Å². The van der Waals surface area contributed by atoms with Gasteiger partial charge in [0.15, 0.2) is 24.0 Å². The van der Waals surface area contributed by atoms with Crippen molar-refractivity contribution in [3.8, 4) is 5.75 Å². The number of hydrogen-bond donors (Lipinski definition) is 8. The number of carboxylic acid groups (broad SMARTS) is 1. The number of aryl methyl sites for hydroxylation is 1. The van der Waals surface area contributed by atoms with Gasteiger partial charge in [-0.05, 0) is 18.6 Å². The number of carboxylic acids is 1. The van der Waals surface area contributed by atoms with Gasteiger partial charge in [0.2, 0.25) is 6.29 Å². The number of nitrogens with one attached hydrogen (secondary N) is 1. The van der Waals surface area contributed by atoms with E-state index in [1.54, 1.807) is 0 Å². The molecule has 8 N–H and O–H groups in total. The van der Waals surface area contributed by atoms with E-state index < -0.39 is 112 Å². The molecule has 2 aliphatic heterocycles. The number of halogens is 1. The average Bonchev–Trinajstić information content (AvgIpc) is 2.91. The van der Waals surface area contributed by atoms with Gasteiger partial charge in [0.25, 0.3) is 0 Å². The molecule has 2 aromatic rings. The van der Waals surface area contributed by atoms with Crippen molar-refractivity contribution in [2.75, 3.05) is 6.61 Å². The molecule has 252 valence electrons. The second kappa shape index (κ2) is 13.1. The monoisotopic (exact) mass is 691 g/mol. The zero-order chi connectivity index (χ0) is 33.6. The molecule has 0 amide bonds. The summed E-state index contributed by atoms with van der Waals surface area (Å²) in [6, 6.07) is 0.734. The van der Waals surface area contributed by atoms with Gasteiger partial charge in [-0.1, -0.05) is 0 Å². The summed E-state index contributed by atoms with van der Waals surface area (Å²) in [4.78, 5) is 23.8. The topological polar surface area (TPSA) is 315 Å². The molecule has 2 aliphatic rings. The van der Waals surface area contributed by atoms with Crippen LogP contribution in [0.1, 0.15) is 5.56 Å². The Balaban J connectivity index is 1.61. The van der Waals surface area contributed by atoms with Gasteiger partial charge < -0.3 is 48.9 Å². The summed E-state index contributed by atoms with van der Waals surface area (Å²) < 4.78 is 109. The molecule has 10 unspecified atom stereocenters. The maximum Gasteiger partial charge on any atom is 0.397 e. The lowest BCUT2D eigenvalue weighted by Gasteiger charge is -2.46. The van der Waals surface area contributed by atoms with Crippen LogP contribution in [0.3, 0.4) is 0 Å². The molecule has 4 rings (SSSR count). The van der Waals surface area contributed by atoms with Crippen molar-refractivity contribution in [2.45, 2.75) is 68.3 Å². The van der Waals surface area contributed by atoms with Crippen LogP contribution < -0.4 is 15.1 Å². The van der Waals surface area contributed by atoms with Crippen LogP contribution in [0.4, 0.5) is 4.39 Å². The molecule has 1 aromatic carbocycles. The highest BCUT2D eigenvalue weighted by Gasteiger charge is 2.54. The predicted molar refractivity (Wildman–Crippen MR) is 138 cm³/mol. The maximum atomic E-state index is 14.9. The molecule has 20 nitrogen and oxygen atoms in total. The van der Waals surface area contributed by atoms with Crippen LogP contribution in [0.2, 0.25) is 0 Å². The summed E-state index contributed by atoms with van der Waals surface area (Å²) in [5, 5.41) is 52.2. The van der Waals surface area contributed by atoms with E-state index in [4.69, 9.17) is 27.9 Å². The number of hydrogen-bond acceptors (Lipinski definition) is 16. The molecule has 0 saturated carbocycles. The van der Waals surface area contributed by atoms with Crippen molar-refractivity contribution in [3.63, 3.8) is 0 Å². The molecule has 10 atom stereocenters. The minimum atomic E-state index is -5.22. The highest BCUT2D eigenvalue weighted by molar-refractivity contribution is 7.83. The quantitative estimate of drug-likeness (QED) is 0.0887. The number of ether oxygens (including phenoxy) is 4. The van der Waals surface area contributed by atoms with Gasteiger partial charge in [0.1, 0.15) is 48.2 Å².